The maximum absolute atomic E-state index is 12.4. The van der Waals surface area contributed by atoms with Gasteiger partial charge in [-0.3, -0.25) is 14.5 Å². The van der Waals surface area contributed by atoms with Gasteiger partial charge in [-0.05, 0) is 18.3 Å². The molecule has 0 aromatic rings. The molecule has 110 valence electrons. The van der Waals surface area contributed by atoms with Crippen LogP contribution in [0.15, 0.2) is 0 Å². The molecule has 2 unspecified atom stereocenters. The minimum atomic E-state index is -0.426. The molecular formula is C15H21NO4. The van der Waals surface area contributed by atoms with Crippen LogP contribution in [0, 0.1) is 17.3 Å². The summed E-state index contributed by atoms with van der Waals surface area (Å²) in [5, 5.41) is 0. The minimum absolute atomic E-state index is 0.0528. The SMILES string of the molecule is CC1(C)C2C(=O)N(C3CCC4(CC3)OCCO4)C(=O)C21. The molecule has 2 saturated heterocycles. The van der Waals surface area contributed by atoms with E-state index in [0.29, 0.717) is 13.2 Å². The Morgan fingerprint density at radius 2 is 1.50 bits per heavy atom. The first-order valence-electron chi connectivity index (χ1n) is 7.61. The highest BCUT2D eigenvalue weighted by Gasteiger charge is 2.73. The molecule has 5 heteroatoms. The van der Waals surface area contributed by atoms with E-state index in [9.17, 15) is 9.59 Å². The molecule has 4 aliphatic rings. The van der Waals surface area contributed by atoms with Crippen molar-refractivity contribution in [3.8, 4) is 0 Å². The summed E-state index contributed by atoms with van der Waals surface area (Å²) in [7, 11) is 0. The summed E-state index contributed by atoms with van der Waals surface area (Å²) in [6, 6.07) is 0.0528. The van der Waals surface area contributed by atoms with Crippen LogP contribution in [0.4, 0.5) is 0 Å². The van der Waals surface area contributed by atoms with Crippen molar-refractivity contribution in [3.05, 3.63) is 0 Å². The van der Waals surface area contributed by atoms with Gasteiger partial charge in [-0.1, -0.05) is 13.8 Å². The number of carbonyl (C=O) groups excluding carboxylic acids is 2. The number of amides is 2. The highest BCUT2D eigenvalue weighted by atomic mass is 16.7. The predicted octanol–water partition coefficient (Wildman–Crippen LogP) is 1.31. The molecule has 4 fully saturated rings. The fraction of sp³-hybridized carbons (Fsp3) is 0.867. The molecule has 4 rings (SSSR count). The van der Waals surface area contributed by atoms with Crippen LogP contribution < -0.4 is 0 Å². The zero-order valence-corrected chi connectivity index (χ0v) is 12.1. The van der Waals surface area contributed by atoms with Crippen molar-refractivity contribution in [2.24, 2.45) is 17.3 Å². The van der Waals surface area contributed by atoms with Gasteiger partial charge in [0.2, 0.25) is 11.8 Å². The fourth-order valence-electron chi connectivity index (χ4n) is 4.41. The van der Waals surface area contributed by atoms with Gasteiger partial charge in [0.05, 0.1) is 25.0 Å². The lowest BCUT2D eigenvalue weighted by atomic mass is 9.88. The second kappa shape index (κ2) is 3.83. The van der Waals surface area contributed by atoms with Crippen LogP contribution in [-0.2, 0) is 19.1 Å². The predicted molar refractivity (Wildman–Crippen MR) is 69.5 cm³/mol. The first kappa shape index (κ1) is 12.8. The topological polar surface area (TPSA) is 55.8 Å². The van der Waals surface area contributed by atoms with E-state index < -0.39 is 5.79 Å². The summed E-state index contributed by atoms with van der Waals surface area (Å²) in [4.78, 5) is 26.4. The molecule has 0 aromatic carbocycles. The van der Waals surface area contributed by atoms with E-state index in [2.05, 4.69) is 0 Å². The van der Waals surface area contributed by atoms with Crippen molar-refractivity contribution in [1.29, 1.82) is 0 Å². The summed E-state index contributed by atoms with van der Waals surface area (Å²) in [5.74, 6) is -0.446. The van der Waals surface area contributed by atoms with Gasteiger partial charge in [0.1, 0.15) is 0 Å². The highest BCUT2D eigenvalue weighted by Crippen LogP contribution is 2.64. The Morgan fingerprint density at radius 3 is 2.00 bits per heavy atom. The van der Waals surface area contributed by atoms with Gasteiger partial charge in [-0.25, -0.2) is 0 Å². The Kier molecular flexibility index (Phi) is 2.44. The lowest BCUT2D eigenvalue weighted by molar-refractivity contribution is -0.186. The van der Waals surface area contributed by atoms with Gasteiger partial charge in [0.25, 0.3) is 0 Å². The number of imide groups is 1. The van der Waals surface area contributed by atoms with Gasteiger partial charge < -0.3 is 9.47 Å². The summed E-state index contributed by atoms with van der Waals surface area (Å²) >= 11 is 0. The monoisotopic (exact) mass is 279 g/mol. The van der Waals surface area contributed by atoms with Crippen molar-refractivity contribution in [1.82, 2.24) is 4.90 Å². The molecule has 0 bridgehead atoms. The summed E-state index contributed by atoms with van der Waals surface area (Å²) < 4.78 is 11.4. The van der Waals surface area contributed by atoms with Crippen molar-refractivity contribution in [2.45, 2.75) is 51.4 Å². The van der Waals surface area contributed by atoms with Crippen molar-refractivity contribution in [2.75, 3.05) is 13.2 Å². The third kappa shape index (κ3) is 1.51. The number of ether oxygens (including phenoxy) is 2. The van der Waals surface area contributed by atoms with Gasteiger partial charge in [-0.2, -0.15) is 0 Å². The summed E-state index contributed by atoms with van der Waals surface area (Å²) in [6.45, 7) is 5.35. The zero-order valence-electron chi connectivity index (χ0n) is 12.1. The van der Waals surface area contributed by atoms with E-state index in [1.165, 1.54) is 0 Å². The van der Waals surface area contributed by atoms with Crippen LogP contribution in [0.1, 0.15) is 39.5 Å². The van der Waals surface area contributed by atoms with Crippen molar-refractivity contribution < 1.29 is 19.1 Å². The zero-order chi connectivity index (χ0) is 14.1. The Balaban J connectivity index is 1.46. The van der Waals surface area contributed by atoms with E-state index in [1.54, 1.807) is 4.90 Å². The number of fused-ring (bicyclic) bond motifs is 1. The van der Waals surface area contributed by atoms with E-state index in [4.69, 9.17) is 9.47 Å². The van der Waals surface area contributed by atoms with E-state index in [0.717, 1.165) is 25.7 Å². The Bertz CT molecular complexity index is 446. The number of carbonyl (C=O) groups is 2. The number of rotatable bonds is 1. The molecular weight excluding hydrogens is 258 g/mol. The largest absolute Gasteiger partial charge is 0.348 e. The molecule has 0 radical (unpaired) electrons. The number of nitrogens with zero attached hydrogens (tertiary/aromatic N) is 1. The lowest BCUT2D eigenvalue weighted by Gasteiger charge is -2.39. The molecule has 2 heterocycles. The molecule has 20 heavy (non-hydrogen) atoms. The molecule has 2 aliphatic carbocycles. The standard InChI is InChI=1S/C15H21NO4/c1-14(2)10-11(14)13(18)16(12(10)17)9-3-5-15(6-4-9)19-7-8-20-15/h9-11H,3-8H2,1-2H3. The molecule has 2 atom stereocenters. The molecule has 1 spiro atoms. The average Bonchev–Trinajstić information content (AvgIpc) is 2.73. The maximum atomic E-state index is 12.4. The van der Waals surface area contributed by atoms with Crippen molar-refractivity contribution in [3.63, 3.8) is 0 Å². The number of likely N-dealkylation sites (tertiary alicyclic amines) is 1. The number of piperidine rings is 1. The van der Waals surface area contributed by atoms with Gasteiger partial charge in [0.15, 0.2) is 5.79 Å². The van der Waals surface area contributed by atoms with Gasteiger partial charge in [0, 0.05) is 18.9 Å². The second-order valence-electron chi connectivity index (χ2n) is 7.16. The summed E-state index contributed by atoms with van der Waals surface area (Å²) in [6.07, 6.45) is 3.18. The van der Waals surface area contributed by atoms with Crippen LogP contribution >= 0.6 is 0 Å². The van der Waals surface area contributed by atoms with E-state index in [1.807, 2.05) is 13.8 Å². The van der Waals surface area contributed by atoms with Crippen LogP contribution in [-0.4, -0.2) is 41.8 Å². The van der Waals surface area contributed by atoms with E-state index in [-0.39, 0.29) is 35.1 Å². The van der Waals surface area contributed by atoms with Crippen molar-refractivity contribution >= 4 is 11.8 Å². The molecule has 2 amide bonds. The average molecular weight is 279 g/mol. The third-order valence-corrected chi connectivity index (χ3v) is 5.73. The van der Waals surface area contributed by atoms with Crippen LogP contribution in [0.2, 0.25) is 0 Å². The molecule has 2 aliphatic heterocycles. The quantitative estimate of drug-likeness (QED) is 0.679. The van der Waals surface area contributed by atoms with E-state index >= 15 is 0 Å². The maximum Gasteiger partial charge on any atom is 0.233 e. The molecule has 5 nitrogen and oxygen atoms in total. The van der Waals surface area contributed by atoms with Gasteiger partial charge >= 0.3 is 0 Å². The lowest BCUT2D eigenvalue weighted by Crippen LogP contribution is -2.48. The molecule has 2 saturated carbocycles. The Labute approximate surface area is 118 Å². The van der Waals surface area contributed by atoms with Crippen LogP contribution in [0.25, 0.3) is 0 Å². The van der Waals surface area contributed by atoms with Gasteiger partial charge in [-0.15, -0.1) is 0 Å². The number of hydrogen-bond donors (Lipinski definition) is 0. The molecule has 0 aromatic heterocycles. The highest BCUT2D eigenvalue weighted by molar-refractivity contribution is 6.10. The Hall–Kier alpha value is -0.940. The van der Waals surface area contributed by atoms with Crippen LogP contribution in [0.3, 0.4) is 0 Å². The second-order valence-corrected chi connectivity index (χ2v) is 7.16. The normalized spacial score (nSPS) is 41.3. The molecule has 0 N–H and O–H groups in total. The summed E-state index contributed by atoms with van der Waals surface area (Å²) in [5.41, 5.74) is -0.113. The first-order chi connectivity index (χ1) is 9.46. The fourth-order valence-corrected chi connectivity index (χ4v) is 4.41. The third-order valence-electron chi connectivity index (χ3n) is 5.73. The minimum Gasteiger partial charge on any atom is -0.348 e. The Morgan fingerprint density at radius 1 is 1.00 bits per heavy atom. The van der Waals surface area contributed by atoms with Crippen LogP contribution in [0.5, 0.6) is 0 Å². The first-order valence-corrected chi connectivity index (χ1v) is 7.61. The smallest absolute Gasteiger partial charge is 0.233 e. The number of hydrogen-bond acceptors (Lipinski definition) is 4.